The molecule has 1 aromatic heterocycles. The van der Waals surface area contributed by atoms with Crippen LogP contribution in [-0.2, 0) is 4.74 Å². The molecule has 0 radical (unpaired) electrons. The van der Waals surface area contributed by atoms with Crippen LogP contribution in [0.15, 0.2) is 24.4 Å². The highest BCUT2D eigenvalue weighted by molar-refractivity contribution is 5.39. The van der Waals surface area contributed by atoms with Crippen molar-refractivity contribution in [2.24, 2.45) is 11.8 Å². The molecule has 0 amide bonds. The standard InChI is InChI=1S/C17H27N3O2/c1-13-7-19(8-14(2)22-13)9-15-10-20(11-16(15)12-21)17-5-3-4-6-18-17/h3-6,13-16,21H,7-12H2,1-2H3. The van der Waals surface area contributed by atoms with Crippen molar-refractivity contribution >= 4 is 5.82 Å². The molecule has 1 aromatic rings. The predicted octanol–water partition coefficient (Wildman–Crippen LogP) is 1.24. The number of pyridine rings is 1. The topological polar surface area (TPSA) is 48.8 Å². The van der Waals surface area contributed by atoms with Crippen LogP contribution >= 0.6 is 0 Å². The minimum atomic E-state index is 0.253. The van der Waals surface area contributed by atoms with Gasteiger partial charge < -0.3 is 14.7 Å². The van der Waals surface area contributed by atoms with Crippen molar-refractivity contribution in [3.05, 3.63) is 24.4 Å². The summed E-state index contributed by atoms with van der Waals surface area (Å²) < 4.78 is 5.81. The Bertz CT molecular complexity index is 460. The Balaban J connectivity index is 1.63. The van der Waals surface area contributed by atoms with Crippen molar-refractivity contribution in [3.63, 3.8) is 0 Å². The molecule has 0 aromatic carbocycles. The maximum Gasteiger partial charge on any atom is 0.128 e. The van der Waals surface area contributed by atoms with Gasteiger partial charge >= 0.3 is 0 Å². The van der Waals surface area contributed by atoms with E-state index >= 15 is 0 Å². The van der Waals surface area contributed by atoms with E-state index in [4.69, 9.17) is 4.74 Å². The maximum absolute atomic E-state index is 9.74. The number of aliphatic hydroxyl groups excluding tert-OH is 1. The molecule has 2 aliphatic rings. The molecule has 3 rings (SSSR count). The van der Waals surface area contributed by atoms with Gasteiger partial charge in [-0.25, -0.2) is 4.98 Å². The van der Waals surface area contributed by atoms with Crippen LogP contribution in [0.5, 0.6) is 0 Å². The molecule has 22 heavy (non-hydrogen) atoms. The summed E-state index contributed by atoms with van der Waals surface area (Å²) in [5, 5.41) is 9.74. The second-order valence-electron chi connectivity index (χ2n) is 6.77. The van der Waals surface area contributed by atoms with E-state index in [9.17, 15) is 5.11 Å². The number of hydrogen-bond acceptors (Lipinski definition) is 5. The average Bonchev–Trinajstić information content (AvgIpc) is 2.90. The van der Waals surface area contributed by atoms with Gasteiger partial charge in [0.05, 0.1) is 12.2 Å². The third-order valence-electron chi connectivity index (χ3n) is 4.77. The Kier molecular flexibility index (Phi) is 4.96. The third-order valence-corrected chi connectivity index (χ3v) is 4.77. The molecule has 0 bridgehead atoms. The van der Waals surface area contributed by atoms with Gasteiger partial charge in [-0.1, -0.05) is 6.07 Å². The van der Waals surface area contributed by atoms with Crippen LogP contribution in [0.1, 0.15) is 13.8 Å². The molecule has 5 nitrogen and oxygen atoms in total. The molecular weight excluding hydrogens is 278 g/mol. The molecule has 0 spiro atoms. The van der Waals surface area contributed by atoms with Crippen molar-refractivity contribution < 1.29 is 9.84 Å². The second kappa shape index (κ2) is 6.94. The molecule has 0 saturated carbocycles. The molecule has 4 atom stereocenters. The number of aliphatic hydroxyl groups is 1. The Morgan fingerprint density at radius 2 is 1.86 bits per heavy atom. The highest BCUT2D eigenvalue weighted by Gasteiger charge is 2.35. The summed E-state index contributed by atoms with van der Waals surface area (Å²) in [6.07, 6.45) is 2.43. The van der Waals surface area contributed by atoms with Crippen molar-refractivity contribution in [1.82, 2.24) is 9.88 Å². The van der Waals surface area contributed by atoms with E-state index in [1.165, 1.54) is 0 Å². The van der Waals surface area contributed by atoms with E-state index in [2.05, 4.69) is 34.7 Å². The van der Waals surface area contributed by atoms with Gasteiger partial charge in [-0.2, -0.15) is 0 Å². The summed E-state index contributed by atoms with van der Waals surface area (Å²) >= 11 is 0. The smallest absolute Gasteiger partial charge is 0.128 e. The molecule has 2 fully saturated rings. The lowest BCUT2D eigenvalue weighted by molar-refractivity contribution is -0.0725. The quantitative estimate of drug-likeness (QED) is 0.907. The number of anilines is 1. The molecule has 4 unspecified atom stereocenters. The normalized spacial score (nSPS) is 33.3. The lowest BCUT2D eigenvalue weighted by atomic mass is 9.96. The third kappa shape index (κ3) is 3.59. The predicted molar refractivity (Wildman–Crippen MR) is 87.0 cm³/mol. The first-order valence-corrected chi connectivity index (χ1v) is 8.30. The summed E-state index contributed by atoms with van der Waals surface area (Å²) in [6, 6.07) is 6.02. The Hall–Kier alpha value is -1.17. The zero-order chi connectivity index (χ0) is 15.5. The first kappa shape index (κ1) is 15.7. The van der Waals surface area contributed by atoms with E-state index < -0.39 is 0 Å². The SMILES string of the molecule is CC1CN(CC2CN(c3ccccn3)CC2CO)CC(C)O1. The molecule has 2 aliphatic heterocycles. The number of ether oxygens (including phenoxy) is 1. The van der Waals surface area contributed by atoms with Gasteiger partial charge in [-0.3, -0.25) is 4.90 Å². The molecule has 3 heterocycles. The number of hydrogen-bond donors (Lipinski definition) is 1. The zero-order valence-electron chi connectivity index (χ0n) is 13.6. The van der Waals surface area contributed by atoms with Crippen LogP contribution < -0.4 is 4.90 Å². The Morgan fingerprint density at radius 3 is 2.50 bits per heavy atom. The highest BCUT2D eigenvalue weighted by Crippen LogP contribution is 2.28. The molecule has 1 N–H and O–H groups in total. The minimum absolute atomic E-state index is 0.253. The maximum atomic E-state index is 9.74. The summed E-state index contributed by atoms with van der Waals surface area (Å²) in [4.78, 5) is 9.24. The fraction of sp³-hybridized carbons (Fsp3) is 0.706. The van der Waals surface area contributed by atoms with Gasteiger partial charge in [0, 0.05) is 51.4 Å². The van der Waals surface area contributed by atoms with Gasteiger partial charge in [0.1, 0.15) is 5.82 Å². The zero-order valence-corrected chi connectivity index (χ0v) is 13.6. The van der Waals surface area contributed by atoms with Gasteiger partial charge in [0.2, 0.25) is 0 Å². The van der Waals surface area contributed by atoms with Crippen molar-refractivity contribution in [1.29, 1.82) is 0 Å². The fourth-order valence-electron chi connectivity index (χ4n) is 3.85. The Labute approximate surface area is 132 Å². The van der Waals surface area contributed by atoms with E-state index in [1.54, 1.807) is 0 Å². The monoisotopic (exact) mass is 305 g/mol. The molecule has 0 aliphatic carbocycles. The van der Waals surface area contributed by atoms with Crippen molar-refractivity contribution in [3.8, 4) is 0 Å². The second-order valence-corrected chi connectivity index (χ2v) is 6.77. The van der Waals surface area contributed by atoms with Crippen molar-refractivity contribution in [2.45, 2.75) is 26.1 Å². The molecule has 2 saturated heterocycles. The van der Waals surface area contributed by atoms with Crippen LogP contribution in [0.25, 0.3) is 0 Å². The van der Waals surface area contributed by atoms with Crippen LogP contribution in [0.3, 0.4) is 0 Å². The van der Waals surface area contributed by atoms with Gasteiger partial charge in [0.15, 0.2) is 0 Å². The summed E-state index contributed by atoms with van der Waals surface area (Å²) in [5.74, 6) is 1.84. The molecule has 5 heteroatoms. The van der Waals surface area contributed by atoms with Crippen molar-refractivity contribution in [2.75, 3.05) is 44.2 Å². The minimum Gasteiger partial charge on any atom is -0.396 e. The molecule has 122 valence electrons. The summed E-state index contributed by atoms with van der Waals surface area (Å²) in [5.41, 5.74) is 0. The number of nitrogens with zero attached hydrogens (tertiary/aromatic N) is 3. The summed E-state index contributed by atoms with van der Waals surface area (Å²) in [7, 11) is 0. The average molecular weight is 305 g/mol. The number of aromatic nitrogens is 1. The van der Waals surface area contributed by atoms with Crippen LogP contribution in [0.4, 0.5) is 5.82 Å². The summed E-state index contributed by atoms with van der Waals surface area (Å²) in [6.45, 7) is 9.42. The van der Waals surface area contributed by atoms with Crippen LogP contribution in [0, 0.1) is 11.8 Å². The van der Waals surface area contributed by atoms with E-state index in [-0.39, 0.29) is 6.61 Å². The lowest BCUT2D eigenvalue weighted by Gasteiger charge is -2.37. The van der Waals surface area contributed by atoms with Crippen LogP contribution in [-0.4, -0.2) is 66.5 Å². The number of rotatable bonds is 4. The first-order valence-electron chi connectivity index (χ1n) is 8.30. The van der Waals surface area contributed by atoms with E-state index in [0.717, 1.165) is 38.5 Å². The lowest BCUT2D eigenvalue weighted by Crippen LogP contribution is -2.48. The Morgan fingerprint density at radius 1 is 1.14 bits per heavy atom. The van der Waals surface area contributed by atoms with Gasteiger partial charge in [-0.15, -0.1) is 0 Å². The van der Waals surface area contributed by atoms with E-state index in [0.29, 0.717) is 24.0 Å². The molecular formula is C17H27N3O2. The van der Waals surface area contributed by atoms with E-state index in [1.807, 2.05) is 18.3 Å². The van der Waals surface area contributed by atoms with Gasteiger partial charge in [-0.05, 0) is 31.9 Å². The largest absolute Gasteiger partial charge is 0.396 e. The fourth-order valence-corrected chi connectivity index (χ4v) is 3.85. The first-order chi connectivity index (χ1) is 10.7. The van der Waals surface area contributed by atoms with Crippen LogP contribution in [0.2, 0.25) is 0 Å². The highest BCUT2D eigenvalue weighted by atomic mass is 16.5. The number of morpholine rings is 1. The van der Waals surface area contributed by atoms with Gasteiger partial charge in [0.25, 0.3) is 0 Å².